The maximum atomic E-state index is 10.8. The topological polar surface area (TPSA) is 83.2 Å². The molecule has 32 heavy (non-hydrogen) atoms. The van der Waals surface area contributed by atoms with Gasteiger partial charge in [0.05, 0.1) is 0 Å². The van der Waals surface area contributed by atoms with Crippen LogP contribution in [0.25, 0.3) is 0 Å². The first-order valence-electron chi connectivity index (χ1n) is 11.3. The Morgan fingerprint density at radius 3 is 2.38 bits per heavy atom. The number of guanidine groups is 1. The van der Waals surface area contributed by atoms with Crippen LogP contribution < -0.4 is 15.8 Å². The summed E-state index contributed by atoms with van der Waals surface area (Å²) in [6, 6.07) is 19.0. The molecular weight excluding hydrogens is 402 g/mol. The van der Waals surface area contributed by atoms with Gasteiger partial charge in [-0.05, 0) is 36.1 Å². The molecule has 0 bridgehead atoms. The van der Waals surface area contributed by atoms with E-state index in [1.54, 1.807) is 0 Å². The average molecular weight is 438 g/mol. The third-order valence-electron chi connectivity index (χ3n) is 5.84. The predicted octanol–water partition coefficient (Wildman–Crippen LogP) is 2.44. The average Bonchev–Trinajstić information content (AvgIpc) is 2.83. The molecule has 1 aliphatic rings. The lowest BCUT2D eigenvalue weighted by molar-refractivity contribution is -0.119. The number of ether oxygens (including phenoxy) is 1. The zero-order valence-electron chi connectivity index (χ0n) is 19.2. The van der Waals surface area contributed by atoms with Crippen molar-refractivity contribution in [2.75, 3.05) is 46.4 Å². The molecule has 1 aliphatic heterocycles. The third-order valence-corrected chi connectivity index (χ3v) is 5.84. The largest absolute Gasteiger partial charge is 0.484 e. The number of nitrogens with one attached hydrogen (secondary N) is 1. The Hall–Kier alpha value is -3.06. The Morgan fingerprint density at radius 2 is 1.78 bits per heavy atom. The van der Waals surface area contributed by atoms with Gasteiger partial charge in [-0.2, -0.15) is 0 Å². The molecule has 2 aromatic rings. The van der Waals surface area contributed by atoms with Gasteiger partial charge in [0.2, 0.25) is 0 Å². The second-order valence-electron chi connectivity index (χ2n) is 7.98. The summed E-state index contributed by atoms with van der Waals surface area (Å²) < 4.78 is 5.30. The lowest BCUT2D eigenvalue weighted by Crippen LogP contribution is -2.53. The highest BCUT2D eigenvalue weighted by molar-refractivity contribution is 5.80. The zero-order valence-corrected chi connectivity index (χ0v) is 19.2. The minimum absolute atomic E-state index is 0.102. The molecular formula is C25H35N5O2. The summed E-state index contributed by atoms with van der Waals surface area (Å²) in [5.41, 5.74) is 7.70. The van der Waals surface area contributed by atoms with E-state index >= 15 is 0 Å². The van der Waals surface area contributed by atoms with E-state index in [1.165, 1.54) is 11.1 Å². The Labute approximate surface area is 191 Å². The number of nitrogens with two attached hydrogens (primary N) is 1. The van der Waals surface area contributed by atoms with E-state index in [0.717, 1.165) is 51.5 Å². The molecule has 3 N–H and O–H groups in total. The van der Waals surface area contributed by atoms with Crippen molar-refractivity contribution in [1.82, 2.24) is 15.1 Å². The second-order valence-corrected chi connectivity index (χ2v) is 7.98. The van der Waals surface area contributed by atoms with Crippen LogP contribution in [0.3, 0.4) is 0 Å². The zero-order chi connectivity index (χ0) is 22.8. The maximum absolute atomic E-state index is 10.8. The van der Waals surface area contributed by atoms with Crippen LogP contribution in [0.1, 0.15) is 30.5 Å². The Balaban J connectivity index is 1.44. The fourth-order valence-electron chi connectivity index (χ4n) is 4.18. The smallest absolute Gasteiger partial charge is 0.255 e. The fraction of sp³-hybridized carbons (Fsp3) is 0.440. The first-order chi connectivity index (χ1) is 15.6. The minimum Gasteiger partial charge on any atom is -0.484 e. The number of piperazine rings is 1. The maximum Gasteiger partial charge on any atom is 0.255 e. The van der Waals surface area contributed by atoms with Gasteiger partial charge in [-0.3, -0.25) is 14.7 Å². The van der Waals surface area contributed by atoms with Gasteiger partial charge in [-0.1, -0.05) is 49.4 Å². The van der Waals surface area contributed by atoms with Crippen molar-refractivity contribution in [1.29, 1.82) is 0 Å². The van der Waals surface area contributed by atoms with Crippen LogP contribution in [0.4, 0.5) is 0 Å². The normalized spacial score (nSPS) is 15.9. The summed E-state index contributed by atoms with van der Waals surface area (Å²) in [6.07, 6.45) is 1.99. The molecule has 1 amide bonds. The van der Waals surface area contributed by atoms with E-state index in [-0.39, 0.29) is 6.61 Å². The van der Waals surface area contributed by atoms with Crippen molar-refractivity contribution >= 4 is 11.9 Å². The number of rotatable bonds is 9. The monoisotopic (exact) mass is 437 g/mol. The van der Waals surface area contributed by atoms with E-state index < -0.39 is 5.91 Å². The van der Waals surface area contributed by atoms with Crippen molar-refractivity contribution in [3.8, 4) is 5.75 Å². The summed E-state index contributed by atoms with van der Waals surface area (Å²) in [5.74, 6) is 1.13. The van der Waals surface area contributed by atoms with Crippen LogP contribution in [0.15, 0.2) is 59.6 Å². The van der Waals surface area contributed by atoms with Crippen molar-refractivity contribution in [3.63, 3.8) is 0 Å². The van der Waals surface area contributed by atoms with Gasteiger partial charge >= 0.3 is 0 Å². The number of amides is 1. The van der Waals surface area contributed by atoms with Gasteiger partial charge in [-0.15, -0.1) is 0 Å². The third kappa shape index (κ3) is 6.72. The minimum atomic E-state index is -0.476. The number of nitrogens with zero attached hydrogens (tertiary/aromatic N) is 3. The number of primary amides is 1. The molecule has 1 fully saturated rings. The van der Waals surface area contributed by atoms with E-state index in [4.69, 9.17) is 10.5 Å². The van der Waals surface area contributed by atoms with Gasteiger partial charge in [0.15, 0.2) is 12.6 Å². The van der Waals surface area contributed by atoms with Gasteiger partial charge in [-0.25, -0.2) is 0 Å². The first kappa shape index (κ1) is 23.6. The number of benzene rings is 2. The van der Waals surface area contributed by atoms with E-state index in [1.807, 2.05) is 31.3 Å². The summed E-state index contributed by atoms with van der Waals surface area (Å²) in [4.78, 5) is 20.2. The molecule has 0 aromatic heterocycles. The quantitative estimate of drug-likeness (QED) is 0.465. The molecule has 1 heterocycles. The van der Waals surface area contributed by atoms with Gasteiger partial charge in [0, 0.05) is 45.8 Å². The highest BCUT2D eigenvalue weighted by Crippen LogP contribution is 2.25. The molecule has 0 aliphatic carbocycles. The van der Waals surface area contributed by atoms with Crippen molar-refractivity contribution in [3.05, 3.63) is 65.7 Å². The van der Waals surface area contributed by atoms with E-state index in [0.29, 0.717) is 11.8 Å². The number of aliphatic imine (C=N–C) groups is 1. The second kappa shape index (κ2) is 12.1. The number of hydrogen-bond donors (Lipinski definition) is 2. The Morgan fingerprint density at radius 1 is 1.09 bits per heavy atom. The van der Waals surface area contributed by atoms with Gasteiger partial charge < -0.3 is 20.7 Å². The van der Waals surface area contributed by atoms with Crippen LogP contribution in [-0.2, 0) is 11.2 Å². The molecule has 2 aromatic carbocycles. The highest BCUT2D eigenvalue weighted by atomic mass is 16.5. The molecule has 7 heteroatoms. The molecule has 1 atom stereocenters. The van der Waals surface area contributed by atoms with E-state index in [9.17, 15) is 4.79 Å². The lowest BCUT2D eigenvalue weighted by Gasteiger charge is -2.40. The summed E-state index contributed by atoms with van der Waals surface area (Å²) in [7, 11) is 1.85. The SMILES string of the molecule is CCC(c1ccccc1)N1CCN(C(=NC)NCCc2ccc(OCC(N)=O)cc2)CC1. The van der Waals surface area contributed by atoms with Gasteiger partial charge in [0.25, 0.3) is 5.91 Å². The van der Waals surface area contributed by atoms with Crippen LogP contribution in [0, 0.1) is 0 Å². The predicted molar refractivity (Wildman–Crippen MR) is 129 cm³/mol. The molecule has 1 unspecified atom stereocenters. The van der Waals surface area contributed by atoms with Crippen LogP contribution in [0.2, 0.25) is 0 Å². The Bertz CT molecular complexity index is 862. The van der Waals surface area contributed by atoms with E-state index in [2.05, 4.69) is 57.4 Å². The molecule has 172 valence electrons. The molecule has 1 saturated heterocycles. The molecule has 0 radical (unpaired) electrons. The summed E-state index contributed by atoms with van der Waals surface area (Å²) in [5, 5.41) is 3.50. The van der Waals surface area contributed by atoms with Crippen molar-refractivity contribution in [2.24, 2.45) is 10.7 Å². The summed E-state index contributed by atoms with van der Waals surface area (Å²) in [6.45, 7) is 6.96. The Kier molecular flexibility index (Phi) is 8.92. The summed E-state index contributed by atoms with van der Waals surface area (Å²) >= 11 is 0. The van der Waals surface area contributed by atoms with Crippen LogP contribution in [-0.4, -0.2) is 68.0 Å². The molecule has 0 spiro atoms. The number of hydrogen-bond acceptors (Lipinski definition) is 4. The molecule has 0 saturated carbocycles. The van der Waals surface area contributed by atoms with Crippen LogP contribution in [0.5, 0.6) is 5.75 Å². The standard InChI is InChI=1S/C25H35N5O2/c1-3-23(21-7-5-4-6-8-21)29-15-17-30(18-16-29)25(27-2)28-14-13-20-9-11-22(12-10-20)32-19-24(26)31/h4-12,23H,3,13-19H2,1-2H3,(H2,26,31)(H,27,28). The van der Waals surface area contributed by atoms with Gasteiger partial charge in [0.1, 0.15) is 5.75 Å². The number of carbonyl (C=O) groups is 1. The van der Waals surface area contributed by atoms with Crippen molar-refractivity contribution in [2.45, 2.75) is 25.8 Å². The lowest BCUT2D eigenvalue weighted by atomic mass is 10.0. The van der Waals surface area contributed by atoms with Crippen molar-refractivity contribution < 1.29 is 9.53 Å². The molecule has 7 nitrogen and oxygen atoms in total. The highest BCUT2D eigenvalue weighted by Gasteiger charge is 2.25. The molecule has 3 rings (SSSR count). The van der Waals surface area contributed by atoms with Crippen LogP contribution >= 0.6 is 0 Å². The first-order valence-corrected chi connectivity index (χ1v) is 11.3. The fourth-order valence-corrected chi connectivity index (χ4v) is 4.18. The number of carbonyl (C=O) groups excluding carboxylic acids is 1.